The molecular formula is C25H42O3. The van der Waals surface area contributed by atoms with Crippen LogP contribution in [0.4, 0.5) is 0 Å². The molecule has 0 saturated heterocycles. The molecule has 0 amide bonds. The van der Waals surface area contributed by atoms with Crippen molar-refractivity contribution in [2.24, 2.45) is 0 Å². The molecule has 0 aliphatic rings. The summed E-state index contributed by atoms with van der Waals surface area (Å²) >= 11 is 0. The first-order valence-corrected chi connectivity index (χ1v) is 11.4. The quantitative estimate of drug-likeness (QED) is 0.165. The van der Waals surface area contributed by atoms with E-state index in [0.717, 1.165) is 64.2 Å². The minimum Gasteiger partial charge on any atom is -0.300 e. The second-order valence-corrected chi connectivity index (χ2v) is 7.80. The van der Waals surface area contributed by atoms with Gasteiger partial charge in [0.15, 0.2) is 11.6 Å². The Labute approximate surface area is 173 Å². The number of hydrogen-bond acceptors (Lipinski definition) is 3. The average molecular weight is 391 g/mol. The van der Waals surface area contributed by atoms with Crippen LogP contribution in [0, 0.1) is 0 Å². The number of carbonyl (C=O) groups excluding carboxylic acids is 3. The number of rotatable bonds is 20. The van der Waals surface area contributed by atoms with Crippen molar-refractivity contribution >= 4 is 17.3 Å². The van der Waals surface area contributed by atoms with Crippen LogP contribution in [0.3, 0.4) is 0 Å². The van der Waals surface area contributed by atoms with Gasteiger partial charge in [-0.3, -0.25) is 9.59 Å². The van der Waals surface area contributed by atoms with E-state index in [9.17, 15) is 14.4 Å². The molecule has 0 radical (unpaired) electrons. The monoisotopic (exact) mass is 390 g/mol. The Bertz CT molecular complexity index is 474. The summed E-state index contributed by atoms with van der Waals surface area (Å²) in [6, 6.07) is 0. The first kappa shape index (κ1) is 26.5. The summed E-state index contributed by atoms with van der Waals surface area (Å²) in [5.41, 5.74) is 0. The number of carbonyl (C=O) groups is 3. The molecule has 0 fully saturated rings. The smallest absolute Gasteiger partial charge is 0.155 e. The zero-order valence-corrected chi connectivity index (χ0v) is 18.3. The van der Waals surface area contributed by atoms with Gasteiger partial charge in [-0.05, 0) is 64.0 Å². The highest BCUT2D eigenvalue weighted by Gasteiger charge is 1.98. The van der Waals surface area contributed by atoms with Crippen molar-refractivity contribution in [2.45, 2.75) is 117 Å². The first-order chi connectivity index (χ1) is 13.6. The van der Waals surface area contributed by atoms with Crippen molar-refractivity contribution in [1.29, 1.82) is 0 Å². The van der Waals surface area contributed by atoms with Crippen LogP contribution >= 0.6 is 0 Å². The van der Waals surface area contributed by atoms with Gasteiger partial charge in [-0.15, -0.1) is 0 Å². The van der Waals surface area contributed by atoms with E-state index in [2.05, 4.69) is 0 Å². The molecule has 0 aromatic rings. The molecule has 0 bridgehead atoms. The molecule has 160 valence electrons. The normalized spacial score (nSPS) is 11.5. The number of hydrogen-bond donors (Lipinski definition) is 0. The zero-order chi connectivity index (χ0) is 20.9. The van der Waals surface area contributed by atoms with Gasteiger partial charge in [-0.2, -0.15) is 0 Å². The molecule has 0 atom stereocenters. The summed E-state index contributed by atoms with van der Waals surface area (Å²) < 4.78 is 0. The van der Waals surface area contributed by atoms with Crippen molar-refractivity contribution < 1.29 is 14.4 Å². The highest BCUT2D eigenvalue weighted by Crippen LogP contribution is 2.10. The van der Waals surface area contributed by atoms with Crippen LogP contribution in [-0.2, 0) is 14.4 Å². The lowest BCUT2D eigenvalue weighted by molar-refractivity contribution is -0.117. The third kappa shape index (κ3) is 20.8. The lowest BCUT2D eigenvalue weighted by atomic mass is 10.1. The molecule has 0 aromatic heterocycles. The summed E-state index contributed by atoms with van der Waals surface area (Å²) in [6.07, 6.45) is 23.6. The summed E-state index contributed by atoms with van der Waals surface area (Å²) in [5.74, 6) is 0.759. The van der Waals surface area contributed by atoms with Crippen molar-refractivity contribution in [2.75, 3.05) is 0 Å². The number of allylic oxidation sites excluding steroid dienone is 4. The van der Waals surface area contributed by atoms with E-state index in [0.29, 0.717) is 19.3 Å². The molecule has 0 unspecified atom stereocenters. The Balaban J connectivity index is 3.39. The Morgan fingerprint density at radius 2 is 1.00 bits per heavy atom. The molecule has 0 spiro atoms. The van der Waals surface area contributed by atoms with Crippen LogP contribution in [0.25, 0.3) is 0 Å². The standard InChI is InChI=1S/C25H42O3/c1-3-18-24(27)20-15-11-7-5-4-6-8-12-16-21-25(28)22-17-13-9-10-14-19-23(2)26/h15-16,20-21H,3-14,17-19,22H2,1-2H3. The van der Waals surface area contributed by atoms with E-state index >= 15 is 0 Å². The van der Waals surface area contributed by atoms with Crippen molar-refractivity contribution in [3.05, 3.63) is 24.3 Å². The van der Waals surface area contributed by atoms with Gasteiger partial charge in [0.2, 0.25) is 0 Å². The van der Waals surface area contributed by atoms with Gasteiger partial charge in [0.05, 0.1) is 0 Å². The van der Waals surface area contributed by atoms with Gasteiger partial charge in [0, 0.05) is 19.3 Å². The topological polar surface area (TPSA) is 51.2 Å². The van der Waals surface area contributed by atoms with E-state index in [4.69, 9.17) is 0 Å². The SMILES string of the molecule is CCCC(=O)C=CCCCCCCCC=CC(=O)CCCCCCCC(C)=O. The first-order valence-electron chi connectivity index (χ1n) is 11.4. The highest BCUT2D eigenvalue weighted by atomic mass is 16.1. The zero-order valence-electron chi connectivity index (χ0n) is 18.3. The predicted molar refractivity (Wildman–Crippen MR) is 119 cm³/mol. The molecule has 28 heavy (non-hydrogen) atoms. The fourth-order valence-corrected chi connectivity index (χ4v) is 3.10. The van der Waals surface area contributed by atoms with E-state index in [-0.39, 0.29) is 17.3 Å². The molecule has 0 N–H and O–H groups in total. The lowest BCUT2D eigenvalue weighted by Crippen LogP contribution is -1.93. The average Bonchev–Trinajstić information content (AvgIpc) is 2.65. The number of unbranched alkanes of at least 4 members (excludes halogenated alkanes) is 10. The van der Waals surface area contributed by atoms with E-state index in [1.165, 1.54) is 19.3 Å². The fraction of sp³-hybridized carbons (Fsp3) is 0.720. The molecule has 0 aliphatic heterocycles. The van der Waals surface area contributed by atoms with Gasteiger partial charge >= 0.3 is 0 Å². The molecule has 0 heterocycles. The van der Waals surface area contributed by atoms with Crippen LogP contribution in [-0.4, -0.2) is 17.3 Å². The third-order valence-electron chi connectivity index (χ3n) is 4.80. The summed E-state index contributed by atoms with van der Waals surface area (Å²) in [7, 11) is 0. The predicted octanol–water partition coefficient (Wildman–Crippen LogP) is 7.09. The van der Waals surface area contributed by atoms with Crippen molar-refractivity contribution in [3.8, 4) is 0 Å². The number of ketones is 3. The third-order valence-corrected chi connectivity index (χ3v) is 4.80. The number of Topliss-reactive ketones (excluding diaryl/α,β-unsaturated/α-hetero) is 1. The maximum Gasteiger partial charge on any atom is 0.155 e. The van der Waals surface area contributed by atoms with Crippen molar-refractivity contribution in [1.82, 2.24) is 0 Å². The minimum atomic E-state index is 0.244. The second kappa shape index (κ2) is 20.2. The van der Waals surface area contributed by atoms with Crippen LogP contribution in [0.2, 0.25) is 0 Å². The van der Waals surface area contributed by atoms with Crippen LogP contribution in [0.15, 0.2) is 24.3 Å². The van der Waals surface area contributed by atoms with Gasteiger partial charge in [-0.25, -0.2) is 0 Å². The molecule has 3 heteroatoms. The highest BCUT2D eigenvalue weighted by molar-refractivity contribution is 5.89. The molecule has 0 aromatic carbocycles. The van der Waals surface area contributed by atoms with Gasteiger partial charge in [-0.1, -0.05) is 57.6 Å². The minimum absolute atomic E-state index is 0.244. The Morgan fingerprint density at radius 3 is 1.50 bits per heavy atom. The Hall–Kier alpha value is -1.51. The van der Waals surface area contributed by atoms with E-state index in [1.807, 2.05) is 19.1 Å². The lowest BCUT2D eigenvalue weighted by Gasteiger charge is -2.00. The summed E-state index contributed by atoms with van der Waals surface area (Å²) in [6.45, 7) is 3.67. The van der Waals surface area contributed by atoms with Crippen LogP contribution in [0.5, 0.6) is 0 Å². The van der Waals surface area contributed by atoms with Gasteiger partial charge < -0.3 is 4.79 Å². The molecule has 3 nitrogen and oxygen atoms in total. The molecule has 0 rings (SSSR count). The summed E-state index contributed by atoms with van der Waals surface area (Å²) in [4.78, 5) is 33.9. The van der Waals surface area contributed by atoms with Crippen molar-refractivity contribution in [3.63, 3.8) is 0 Å². The fourth-order valence-electron chi connectivity index (χ4n) is 3.10. The second-order valence-electron chi connectivity index (χ2n) is 7.80. The van der Waals surface area contributed by atoms with E-state index in [1.54, 1.807) is 19.1 Å². The Morgan fingerprint density at radius 1 is 0.571 bits per heavy atom. The van der Waals surface area contributed by atoms with Gasteiger partial charge in [0.25, 0.3) is 0 Å². The summed E-state index contributed by atoms with van der Waals surface area (Å²) in [5, 5.41) is 0. The molecule has 0 saturated carbocycles. The maximum atomic E-state index is 11.8. The van der Waals surface area contributed by atoms with Gasteiger partial charge in [0.1, 0.15) is 5.78 Å². The van der Waals surface area contributed by atoms with Crippen LogP contribution in [0.1, 0.15) is 117 Å². The molecular weight excluding hydrogens is 348 g/mol. The Kier molecular flexibility index (Phi) is 19.1. The van der Waals surface area contributed by atoms with Crippen LogP contribution < -0.4 is 0 Å². The molecule has 0 aliphatic carbocycles. The van der Waals surface area contributed by atoms with E-state index < -0.39 is 0 Å². The maximum absolute atomic E-state index is 11.8. The largest absolute Gasteiger partial charge is 0.300 e.